The first-order valence-corrected chi connectivity index (χ1v) is 10.6. The lowest BCUT2D eigenvalue weighted by atomic mass is 10.1. The zero-order valence-electron chi connectivity index (χ0n) is 17.0. The molecule has 4 nitrogen and oxygen atoms in total. The van der Waals surface area contributed by atoms with Crippen molar-refractivity contribution in [1.82, 2.24) is 4.98 Å². The first-order valence-electron chi connectivity index (χ1n) is 9.78. The molecule has 1 aromatic heterocycles. The smallest absolute Gasteiger partial charge is 0.204 e. The predicted octanol–water partition coefficient (Wildman–Crippen LogP) is 6.45. The van der Waals surface area contributed by atoms with E-state index in [1.165, 1.54) is 5.56 Å². The van der Waals surface area contributed by atoms with E-state index in [4.69, 9.17) is 4.74 Å². The third kappa shape index (κ3) is 4.93. The summed E-state index contributed by atoms with van der Waals surface area (Å²) in [7, 11) is 0. The molecule has 0 unspecified atom stereocenters. The summed E-state index contributed by atoms with van der Waals surface area (Å²) >= 11 is 1.59. The van der Waals surface area contributed by atoms with Gasteiger partial charge in [0, 0.05) is 16.0 Å². The van der Waals surface area contributed by atoms with E-state index in [0.29, 0.717) is 6.61 Å². The molecule has 0 atom stereocenters. The second kappa shape index (κ2) is 9.37. The lowest BCUT2D eigenvalue weighted by Crippen LogP contribution is -1.99. The van der Waals surface area contributed by atoms with Crippen molar-refractivity contribution in [3.63, 3.8) is 0 Å². The maximum Gasteiger partial charge on any atom is 0.204 e. The average molecular weight is 414 g/mol. The van der Waals surface area contributed by atoms with E-state index in [9.17, 15) is 0 Å². The monoisotopic (exact) mass is 413 g/mol. The number of hydrazone groups is 1. The van der Waals surface area contributed by atoms with E-state index in [1.807, 2.05) is 42.5 Å². The molecule has 4 aromatic rings. The summed E-state index contributed by atoms with van der Waals surface area (Å²) in [5.41, 5.74) is 8.44. The number of hydrogen-bond donors (Lipinski definition) is 1. The standard InChI is InChI=1S/C25H23N3OS/c1-18-12-14-20(15-13-18)17-29-23-11-7-6-10-22(23)16-26-28-25-27-24(19(2)30-25)21-8-4-3-5-9-21/h3-16H,17H2,1-2H3,(H,27,28)/b26-16+. The molecule has 0 bridgehead atoms. The fraction of sp³-hybridized carbons (Fsp3) is 0.120. The molecule has 1 heterocycles. The van der Waals surface area contributed by atoms with Gasteiger partial charge in [-0.25, -0.2) is 4.98 Å². The SMILES string of the molecule is Cc1ccc(COc2ccccc2/C=N/Nc2nc(-c3ccccc3)c(C)s2)cc1. The Bertz CT molecular complexity index is 1130. The van der Waals surface area contributed by atoms with Crippen molar-refractivity contribution >= 4 is 22.7 Å². The molecule has 0 fully saturated rings. The van der Waals surface area contributed by atoms with Crippen LogP contribution in [0.1, 0.15) is 21.6 Å². The van der Waals surface area contributed by atoms with Crippen LogP contribution in [0, 0.1) is 13.8 Å². The van der Waals surface area contributed by atoms with Crippen LogP contribution in [0.2, 0.25) is 0 Å². The maximum absolute atomic E-state index is 6.01. The van der Waals surface area contributed by atoms with Gasteiger partial charge in [-0.3, -0.25) is 5.43 Å². The summed E-state index contributed by atoms with van der Waals surface area (Å²) in [6, 6.07) is 26.4. The minimum atomic E-state index is 0.519. The van der Waals surface area contributed by atoms with E-state index < -0.39 is 0 Å². The Morgan fingerprint density at radius 2 is 1.67 bits per heavy atom. The summed E-state index contributed by atoms with van der Waals surface area (Å²) in [4.78, 5) is 5.83. The zero-order chi connectivity index (χ0) is 20.8. The Morgan fingerprint density at radius 1 is 0.933 bits per heavy atom. The van der Waals surface area contributed by atoms with E-state index in [2.05, 4.69) is 65.8 Å². The predicted molar refractivity (Wildman–Crippen MR) is 125 cm³/mol. The average Bonchev–Trinajstić information content (AvgIpc) is 3.15. The highest BCUT2D eigenvalue weighted by Gasteiger charge is 2.09. The van der Waals surface area contributed by atoms with Crippen LogP contribution in [-0.4, -0.2) is 11.2 Å². The molecule has 0 spiro atoms. The van der Waals surface area contributed by atoms with Gasteiger partial charge in [0.1, 0.15) is 12.4 Å². The van der Waals surface area contributed by atoms with Gasteiger partial charge < -0.3 is 4.74 Å². The van der Waals surface area contributed by atoms with Crippen LogP contribution >= 0.6 is 11.3 Å². The van der Waals surface area contributed by atoms with Crippen LogP contribution in [0.15, 0.2) is 84.0 Å². The van der Waals surface area contributed by atoms with E-state index in [0.717, 1.165) is 38.1 Å². The second-order valence-corrected chi connectivity index (χ2v) is 8.18. The number of ether oxygens (including phenoxy) is 1. The van der Waals surface area contributed by atoms with Crippen molar-refractivity contribution in [2.45, 2.75) is 20.5 Å². The molecule has 0 saturated heterocycles. The van der Waals surface area contributed by atoms with Crippen LogP contribution < -0.4 is 10.2 Å². The number of nitrogens with zero attached hydrogens (tertiary/aromatic N) is 2. The van der Waals surface area contributed by atoms with E-state index in [1.54, 1.807) is 17.6 Å². The highest BCUT2D eigenvalue weighted by atomic mass is 32.1. The fourth-order valence-electron chi connectivity index (χ4n) is 3.03. The molecule has 0 saturated carbocycles. The fourth-order valence-corrected chi connectivity index (χ4v) is 3.81. The number of aryl methyl sites for hydroxylation is 2. The van der Waals surface area contributed by atoms with Crippen LogP contribution in [-0.2, 0) is 6.61 Å². The number of benzene rings is 3. The van der Waals surface area contributed by atoms with E-state index >= 15 is 0 Å². The van der Waals surface area contributed by atoms with Crippen molar-refractivity contribution in [3.05, 3.63) is 100 Å². The van der Waals surface area contributed by atoms with Crippen molar-refractivity contribution < 1.29 is 4.74 Å². The largest absolute Gasteiger partial charge is 0.488 e. The van der Waals surface area contributed by atoms with Crippen molar-refractivity contribution in [2.75, 3.05) is 5.43 Å². The van der Waals surface area contributed by atoms with Gasteiger partial charge in [-0.2, -0.15) is 5.10 Å². The van der Waals surface area contributed by atoms with Gasteiger partial charge in [0.05, 0.1) is 11.9 Å². The zero-order valence-corrected chi connectivity index (χ0v) is 17.8. The van der Waals surface area contributed by atoms with Gasteiger partial charge >= 0.3 is 0 Å². The number of hydrogen-bond acceptors (Lipinski definition) is 5. The first kappa shape index (κ1) is 19.9. The molecule has 0 radical (unpaired) electrons. The molecule has 4 rings (SSSR count). The molecule has 150 valence electrons. The van der Waals surface area contributed by atoms with Gasteiger partial charge in [-0.1, -0.05) is 72.3 Å². The number of rotatable bonds is 7. The van der Waals surface area contributed by atoms with Gasteiger partial charge in [0.2, 0.25) is 5.13 Å². The maximum atomic E-state index is 6.01. The Labute approximate surface area is 180 Å². The molecule has 0 aliphatic heterocycles. The highest BCUT2D eigenvalue weighted by molar-refractivity contribution is 7.15. The van der Waals surface area contributed by atoms with Crippen LogP contribution in [0.4, 0.5) is 5.13 Å². The normalized spacial score (nSPS) is 11.0. The number of aromatic nitrogens is 1. The Hall–Kier alpha value is -3.44. The van der Waals surface area contributed by atoms with Crippen LogP contribution in [0.25, 0.3) is 11.3 Å². The summed E-state index contributed by atoms with van der Waals surface area (Å²) in [6.07, 6.45) is 1.77. The number of nitrogens with one attached hydrogen (secondary N) is 1. The quantitative estimate of drug-likeness (QED) is 0.280. The van der Waals surface area contributed by atoms with E-state index in [-0.39, 0.29) is 0 Å². The Balaban J connectivity index is 1.43. The lowest BCUT2D eigenvalue weighted by molar-refractivity contribution is 0.306. The minimum absolute atomic E-state index is 0.519. The van der Waals surface area contributed by atoms with Crippen molar-refractivity contribution in [1.29, 1.82) is 0 Å². The number of thiazole rings is 1. The summed E-state index contributed by atoms with van der Waals surface area (Å²) in [6.45, 7) is 4.67. The molecular weight excluding hydrogens is 390 g/mol. The van der Waals surface area contributed by atoms with Crippen LogP contribution in [0.5, 0.6) is 5.75 Å². The summed E-state index contributed by atoms with van der Waals surface area (Å²) in [5, 5.41) is 5.14. The first-order chi connectivity index (χ1) is 14.7. The number of anilines is 1. The molecule has 30 heavy (non-hydrogen) atoms. The van der Waals surface area contributed by atoms with Gasteiger partial charge in [-0.15, -0.1) is 11.3 Å². The van der Waals surface area contributed by atoms with Crippen molar-refractivity contribution in [2.24, 2.45) is 5.10 Å². The molecule has 0 aliphatic rings. The minimum Gasteiger partial charge on any atom is -0.488 e. The van der Waals surface area contributed by atoms with Gasteiger partial charge in [-0.05, 0) is 31.5 Å². The molecule has 0 amide bonds. The summed E-state index contributed by atoms with van der Waals surface area (Å²) in [5.74, 6) is 0.795. The Morgan fingerprint density at radius 3 is 2.47 bits per heavy atom. The Kier molecular flexibility index (Phi) is 6.20. The summed E-state index contributed by atoms with van der Waals surface area (Å²) < 4.78 is 6.01. The molecule has 1 N–H and O–H groups in total. The molecule has 0 aliphatic carbocycles. The molecule has 3 aromatic carbocycles. The third-order valence-electron chi connectivity index (χ3n) is 4.64. The van der Waals surface area contributed by atoms with Gasteiger partial charge in [0.15, 0.2) is 0 Å². The topological polar surface area (TPSA) is 46.5 Å². The van der Waals surface area contributed by atoms with Crippen LogP contribution in [0.3, 0.4) is 0 Å². The highest BCUT2D eigenvalue weighted by Crippen LogP contribution is 2.30. The number of para-hydroxylation sites is 1. The van der Waals surface area contributed by atoms with Gasteiger partial charge in [0.25, 0.3) is 0 Å². The molecular formula is C25H23N3OS. The third-order valence-corrected chi connectivity index (χ3v) is 5.52. The second-order valence-electron chi connectivity index (χ2n) is 6.97. The van der Waals surface area contributed by atoms with Crippen molar-refractivity contribution in [3.8, 4) is 17.0 Å². The molecule has 5 heteroatoms. The lowest BCUT2D eigenvalue weighted by Gasteiger charge is -2.09.